The van der Waals surface area contributed by atoms with Crippen molar-refractivity contribution in [1.29, 1.82) is 0 Å². The molecule has 0 saturated carbocycles. The van der Waals surface area contributed by atoms with E-state index in [4.69, 9.17) is 16.3 Å². The summed E-state index contributed by atoms with van der Waals surface area (Å²) in [6.07, 6.45) is 1.14. The summed E-state index contributed by atoms with van der Waals surface area (Å²) in [5.74, 6) is 0.499. The molecule has 0 radical (unpaired) electrons. The van der Waals surface area contributed by atoms with Crippen LogP contribution in [0.4, 0.5) is 0 Å². The van der Waals surface area contributed by atoms with E-state index in [1.807, 2.05) is 18.7 Å². The molecule has 1 amide bonds. The zero-order chi connectivity index (χ0) is 11.5. The summed E-state index contributed by atoms with van der Waals surface area (Å²) in [6.45, 7) is 7.89. The molecule has 88 valence electrons. The van der Waals surface area contributed by atoms with Crippen LogP contribution < -0.4 is 0 Å². The van der Waals surface area contributed by atoms with Gasteiger partial charge in [-0.25, -0.2) is 0 Å². The fourth-order valence-corrected chi connectivity index (χ4v) is 1.75. The Hall–Kier alpha value is -0.280. The minimum atomic E-state index is -0.461. The molecule has 0 aromatic rings. The Labute approximate surface area is 96.7 Å². The van der Waals surface area contributed by atoms with Crippen LogP contribution in [0.25, 0.3) is 0 Å². The number of rotatable bonds is 3. The molecule has 1 heterocycles. The summed E-state index contributed by atoms with van der Waals surface area (Å²) in [5.41, 5.74) is -0.461. The van der Waals surface area contributed by atoms with Crippen LogP contribution in [0.15, 0.2) is 0 Å². The van der Waals surface area contributed by atoms with Crippen LogP contribution in [0.1, 0.15) is 27.2 Å². The number of ether oxygens (including phenoxy) is 1. The van der Waals surface area contributed by atoms with E-state index in [0.29, 0.717) is 25.6 Å². The fourth-order valence-electron chi connectivity index (χ4n) is 1.64. The number of halogens is 1. The molecular formula is C11H20ClNO2. The van der Waals surface area contributed by atoms with E-state index in [1.165, 1.54) is 0 Å². The number of morpholine rings is 1. The van der Waals surface area contributed by atoms with Gasteiger partial charge in [-0.3, -0.25) is 4.79 Å². The van der Waals surface area contributed by atoms with Gasteiger partial charge < -0.3 is 9.64 Å². The van der Waals surface area contributed by atoms with Crippen molar-refractivity contribution in [1.82, 2.24) is 4.90 Å². The van der Waals surface area contributed by atoms with Crippen molar-refractivity contribution in [3.8, 4) is 0 Å². The van der Waals surface area contributed by atoms with Crippen LogP contribution in [0, 0.1) is 5.41 Å². The van der Waals surface area contributed by atoms with Gasteiger partial charge in [0.1, 0.15) is 0 Å². The highest BCUT2D eigenvalue weighted by atomic mass is 35.5. The van der Waals surface area contributed by atoms with Gasteiger partial charge in [0.25, 0.3) is 0 Å². The second-order valence-corrected chi connectivity index (χ2v) is 4.94. The summed E-state index contributed by atoms with van der Waals surface area (Å²) < 4.78 is 5.53. The Morgan fingerprint density at radius 1 is 1.60 bits per heavy atom. The van der Waals surface area contributed by atoms with E-state index in [9.17, 15) is 4.79 Å². The Balaban J connectivity index is 2.60. The van der Waals surface area contributed by atoms with Gasteiger partial charge in [-0.1, -0.05) is 6.92 Å². The van der Waals surface area contributed by atoms with Crippen LogP contribution in [0.3, 0.4) is 0 Å². The first-order valence-electron chi connectivity index (χ1n) is 5.48. The topological polar surface area (TPSA) is 29.5 Å². The summed E-state index contributed by atoms with van der Waals surface area (Å²) in [4.78, 5) is 14.0. The molecule has 1 rings (SSSR count). The van der Waals surface area contributed by atoms with Gasteiger partial charge in [-0.05, 0) is 20.3 Å². The van der Waals surface area contributed by atoms with Crippen molar-refractivity contribution in [2.24, 2.45) is 5.41 Å². The number of amides is 1. The number of carbonyl (C=O) groups excluding carboxylic acids is 1. The van der Waals surface area contributed by atoms with Crippen LogP contribution in [-0.2, 0) is 9.53 Å². The normalized spacial score (nSPS) is 22.9. The molecule has 0 spiro atoms. The third kappa shape index (κ3) is 3.08. The smallest absolute Gasteiger partial charge is 0.229 e. The predicted octanol–water partition coefficient (Wildman–Crippen LogP) is 1.89. The van der Waals surface area contributed by atoms with Crippen molar-refractivity contribution in [3.05, 3.63) is 0 Å². The van der Waals surface area contributed by atoms with E-state index in [2.05, 4.69) is 6.92 Å². The molecule has 1 aliphatic heterocycles. The maximum Gasteiger partial charge on any atom is 0.229 e. The summed E-state index contributed by atoms with van der Waals surface area (Å²) in [7, 11) is 0. The molecule has 0 aromatic carbocycles. The predicted molar refractivity (Wildman–Crippen MR) is 61.1 cm³/mol. The summed E-state index contributed by atoms with van der Waals surface area (Å²) in [6, 6.07) is 0. The fraction of sp³-hybridized carbons (Fsp3) is 0.909. The van der Waals surface area contributed by atoms with Crippen molar-refractivity contribution >= 4 is 17.5 Å². The molecular weight excluding hydrogens is 214 g/mol. The van der Waals surface area contributed by atoms with Gasteiger partial charge in [0.15, 0.2) is 0 Å². The van der Waals surface area contributed by atoms with E-state index < -0.39 is 5.41 Å². The molecule has 1 saturated heterocycles. The zero-order valence-corrected chi connectivity index (χ0v) is 10.5. The van der Waals surface area contributed by atoms with Crippen LogP contribution >= 0.6 is 11.6 Å². The van der Waals surface area contributed by atoms with Gasteiger partial charge >= 0.3 is 0 Å². The molecule has 0 bridgehead atoms. The van der Waals surface area contributed by atoms with Crippen LogP contribution in [0.2, 0.25) is 0 Å². The Kier molecular flexibility index (Phi) is 4.41. The Morgan fingerprint density at radius 3 is 2.80 bits per heavy atom. The number of carbonyl (C=O) groups is 1. The number of hydrogen-bond donors (Lipinski definition) is 0. The van der Waals surface area contributed by atoms with Gasteiger partial charge in [0, 0.05) is 19.0 Å². The van der Waals surface area contributed by atoms with E-state index >= 15 is 0 Å². The average Bonchev–Trinajstić information content (AvgIpc) is 2.28. The highest BCUT2D eigenvalue weighted by molar-refractivity contribution is 6.19. The van der Waals surface area contributed by atoms with E-state index in [0.717, 1.165) is 6.42 Å². The molecule has 0 aliphatic carbocycles. The lowest BCUT2D eigenvalue weighted by Crippen LogP contribution is -2.50. The van der Waals surface area contributed by atoms with Crippen LogP contribution in [0.5, 0.6) is 0 Å². The maximum absolute atomic E-state index is 12.1. The van der Waals surface area contributed by atoms with Crippen molar-refractivity contribution < 1.29 is 9.53 Å². The minimum absolute atomic E-state index is 0.138. The molecule has 3 nitrogen and oxygen atoms in total. The van der Waals surface area contributed by atoms with Gasteiger partial charge in [-0.15, -0.1) is 11.6 Å². The standard InChI is InChI=1S/C11H20ClNO2/c1-4-9-7-13(5-6-15-9)10(14)11(2,3)8-12/h9H,4-8H2,1-3H3. The van der Waals surface area contributed by atoms with Crippen LogP contribution in [-0.4, -0.2) is 42.5 Å². The number of hydrogen-bond acceptors (Lipinski definition) is 2. The van der Waals surface area contributed by atoms with Crippen molar-refractivity contribution in [2.75, 3.05) is 25.6 Å². The second-order valence-electron chi connectivity index (χ2n) is 4.67. The summed E-state index contributed by atoms with van der Waals surface area (Å²) in [5, 5.41) is 0. The first-order chi connectivity index (χ1) is 7.01. The zero-order valence-electron chi connectivity index (χ0n) is 9.75. The maximum atomic E-state index is 12.1. The monoisotopic (exact) mass is 233 g/mol. The lowest BCUT2D eigenvalue weighted by molar-refractivity contribution is -0.146. The molecule has 1 aliphatic rings. The molecule has 15 heavy (non-hydrogen) atoms. The average molecular weight is 234 g/mol. The van der Waals surface area contributed by atoms with E-state index in [-0.39, 0.29) is 12.0 Å². The molecule has 0 N–H and O–H groups in total. The van der Waals surface area contributed by atoms with E-state index in [1.54, 1.807) is 0 Å². The summed E-state index contributed by atoms with van der Waals surface area (Å²) >= 11 is 5.80. The molecule has 1 unspecified atom stereocenters. The minimum Gasteiger partial charge on any atom is -0.375 e. The Morgan fingerprint density at radius 2 is 2.27 bits per heavy atom. The molecule has 1 atom stereocenters. The molecule has 0 aromatic heterocycles. The van der Waals surface area contributed by atoms with Crippen molar-refractivity contribution in [2.45, 2.75) is 33.3 Å². The third-order valence-corrected chi connectivity index (χ3v) is 3.46. The third-order valence-electron chi connectivity index (χ3n) is 2.79. The van der Waals surface area contributed by atoms with Crippen molar-refractivity contribution in [3.63, 3.8) is 0 Å². The molecule has 1 fully saturated rings. The largest absolute Gasteiger partial charge is 0.375 e. The lowest BCUT2D eigenvalue weighted by Gasteiger charge is -2.36. The quantitative estimate of drug-likeness (QED) is 0.697. The SMILES string of the molecule is CCC1CN(C(=O)C(C)(C)CCl)CCO1. The molecule has 4 heteroatoms. The Bertz CT molecular complexity index is 231. The second kappa shape index (κ2) is 5.17. The van der Waals surface area contributed by atoms with Gasteiger partial charge in [0.05, 0.1) is 18.1 Å². The number of alkyl halides is 1. The first-order valence-corrected chi connectivity index (χ1v) is 6.01. The first kappa shape index (κ1) is 12.8. The number of nitrogens with zero attached hydrogens (tertiary/aromatic N) is 1. The van der Waals surface area contributed by atoms with Gasteiger partial charge in [-0.2, -0.15) is 0 Å². The highest BCUT2D eigenvalue weighted by Gasteiger charge is 2.33. The lowest BCUT2D eigenvalue weighted by atomic mass is 9.94. The van der Waals surface area contributed by atoms with Gasteiger partial charge in [0.2, 0.25) is 5.91 Å². The highest BCUT2D eigenvalue weighted by Crippen LogP contribution is 2.22.